The van der Waals surface area contributed by atoms with Crippen molar-refractivity contribution in [1.82, 2.24) is 9.80 Å². The van der Waals surface area contributed by atoms with E-state index in [-0.39, 0.29) is 5.97 Å². The highest BCUT2D eigenvalue weighted by molar-refractivity contribution is 5.65. The summed E-state index contributed by atoms with van der Waals surface area (Å²) in [5.41, 5.74) is 0. The molecule has 13 heavy (non-hydrogen) atoms. The second kappa shape index (κ2) is 5.19. The minimum atomic E-state index is -0.217. The highest BCUT2D eigenvalue weighted by atomic mass is 16.5. The van der Waals surface area contributed by atoms with E-state index in [2.05, 4.69) is 16.8 Å². The Morgan fingerprint density at radius 2 is 2.00 bits per heavy atom. The fourth-order valence-corrected chi connectivity index (χ4v) is 1.26. The van der Waals surface area contributed by atoms with Gasteiger partial charge in [-0.05, 0) is 7.05 Å². The van der Waals surface area contributed by atoms with E-state index in [1.807, 2.05) is 6.54 Å². The van der Waals surface area contributed by atoms with Crippen molar-refractivity contribution in [2.75, 3.05) is 39.8 Å². The van der Waals surface area contributed by atoms with Gasteiger partial charge in [0, 0.05) is 33.1 Å². The number of likely N-dealkylation sites (N-methyl/N-ethyl adjacent to an activating group) is 1. The molecule has 0 spiro atoms. The predicted octanol–water partition coefficient (Wildman–Crippen LogP) is -0.0413. The van der Waals surface area contributed by atoms with Gasteiger partial charge in [-0.15, -0.1) is 0 Å². The van der Waals surface area contributed by atoms with Crippen molar-refractivity contribution < 1.29 is 9.53 Å². The van der Waals surface area contributed by atoms with Crippen LogP contribution >= 0.6 is 0 Å². The summed E-state index contributed by atoms with van der Waals surface area (Å²) < 4.78 is 4.82. The Morgan fingerprint density at radius 1 is 1.38 bits per heavy atom. The highest BCUT2D eigenvalue weighted by Gasteiger charge is 2.13. The smallest absolute Gasteiger partial charge is 0.302 e. The highest BCUT2D eigenvalue weighted by Crippen LogP contribution is 2.01. The van der Waals surface area contributed by atoms with Crippen LogP contribution in [-0.2, 0) is 9.53 Å². The Hall–Kier alpha value is -0.610. The summed E-state index contributed by atoms with van der Waals surface area (Å²) in [6.07, 6.45) is 0. The molecule has 1 aliphatic heterocycles. The first-order valence-corrected chi connectivity index (χ1v) is 4.58. The zero-order chi connectivity index (χ0) is 9.68. The molecule has 1 rings (SSSR count). The van der Waals surface area contributed by atoms with Crippen LogP contribution in [0.4, 0.5) is 0 Å². The molecule has 0 aromatic carbocycles. The molecular formula is C9H17N2O2. The molecule has 1 aliphatic rings. The maximum absolute atomic E-state index is 10.5. The first-order valence-electron chi connectivity index (χ1n) is 4.58. The lowest BCUT2D eigenvalue weighted by molar-refractivity contribution is -0.140. The standard InChI is InChI=1S/C9H17N2O2/c1-9(12)13-8-7-11-5-3-10(2)4-6-11/h7H,3-6,8H2,1-2H3. The summed E-state index contributed by atoms with van der Waals surface area (Å²) in [7, 11) is 2.11. The molecule has 4 nitrogen and oxygen atoms in total. The largest absolute Gasteiger partial charge is 0.464 e. The topological polar surface area (TPSA) is 32.8 Å². The molecule has 4 heteroatoms. The van der Waals surface area contributed by atoms with E-state index in [1.165, 1.54) is 6.92 Å². The molecule has 75 valence electrons. The number of hydrogen-bond acceptors (Lipinski definition) is 4. The quantitative estimate of drug-likeness (QED) is 0.578. The normalized spacial score (nSPS) is 20.2. The number of hydrogen-bond donors (Lipinski definition) is 0. The molecule has 0 saturated carbocycles. The van der Waals surface area contributed by atoms with Gasteiger partial charge >= 0.3 is 5.97 Å². The molecule has 0 bridgehead atoms. The summed E-state index contributed by atoms with van der Waals surface area (Å²) in [5.74, 6) is -0.217. The Balaban J connectivity index is 2.05. The van der Waals surface area contributed by atoms with Crippen molar-refractivity contribution in [2.24, 2.45) is 0 Å². The summed E-state index contributed by atoms with van der Waals surface area (Å²) in [6.45, 7) is 7.99. The van der Waals surface area contributed by atoms with Crippen LogP contribution in [0.1, 0.15) is 6.92 Å². The van der Waals surface area contributed by atoms with Crippen LogP contribution in [0.5, 0.6) is 0 Å². The molecule has 1 saturated heterocycles. The monoisotopic (exact) mass is 185 g/mol. The third-order valence-corrected chi connectivity index (χ3v) is 2.16. The van der Waals surface area contributed by atoms with Crippen LogP contribution in [0.2, 0.25) is 0 Å². The van der Waals surface area contributed by atoms with Gasteiger partial charge in [0.05, 0.1) is 6.54 Å². The van der Waals surface area contributed by atoms with Crippen LogP contribution in [-0.4, -0.2) is 55.6 Å². The van der Waals surface area contributed by atoms with Crippen LogP contribution < -0.4 is 0 Å². The number of piperazine rings is 1. The van der Waals surface area contributed by atoms with Gasteiger partial charge in [-0.2, -0.15) is 0 Å². The van der Waals surface area contributed by atoms with Gasteiger partial charge in [-0.3, -0.25) is 9.69 Å². The molecule has 0 aromatic heterocycles. The minimum absolute atomic E-state index is 0.217. The molecule has 0 atom stereocenters. The summed E-state index contributed by atoms with van der Waals surface area (Å²) in [4.78, 5) is 15.0. The SMILES string of the molecule is CC(=O)OC[CH]N1CCN(C)CC1. The Kier molecular flexibility index (Phi) is 4.18. The lowest BCUT2D eigenvalue weighted by Crippen LogP contribution is -2.43. The Morgan fingerprint density at radius 3 is 2.54 bits per heavy atom. The zero-order valence-electron chi connectivity index (χ0n) is 8.32. The van der Waals surface area contributed by atoms with Gasteiger partial charge < -0.3 is 9.64 Å². The van der Waals surface area contributed by atoms with E-state index in [0.29, 0.717) is 6.61 Å². The average molecular weight is 185 g/mol. The molecular weight excluding hydrogens is 168 g/mol. The van der Waals surface area contributed by atoms with Crippen molar-refractivity contribution in [2.45, 2.75) is 6.92 Å². The van der Waals surface area contributed by atoms with E-state index < -0.39 is 0 Å². The van der Waals surface area contributed by atoms with Crippen molar-refractivity contribution >= 4 is 5.97 Å². The average Bonchev–Trinajstić information content (AvgIpc) is 2.08. The van der Waals surface area contributed by atoms with E-state index >= 15 is 0 Å². The maximum atomic E-state index is 10.5. The number of ether oxygens (including phenoxy) is 1. The second-order valence-electron chi connectivity index (χ2n) is 3.32. The number of nitrogens with zero attached hydrogens (tertiary/aromatic N) is 2. The van der Waals surface area contributed by atoms with Gasteiger partial charge in [-0.1, -0.05) is 0 Å². The third-order valence-electron chi connectivity index (χ3n) is 2.16. The fraction of sp³-hybridized carbons (Fsp3) is 0.778. The first-order chi connectivity index (χ1) is 6.18. The van der Waals surface area contributed by atoms with Gasteiger partial charge in [-0.25, -0.2) is 0 Å². The lowest BCUT2D eigenvalue weighted by Gasteiger charge is -2.31. The molecule has 1 fully saturated rings. The van der Waals surface area contributed by atoms with Gasteiger partial charge in [0.1, 0.15) is 6.61 Å². The van der Waals surface area contributed by atoms with Crippen LogP contribution in [0.3, 0.4) is 0 Å². The number of esters is 1. The summed E-state index contributed by atoms with van der Waals surface area (Å²) in [5, 5.41) is 0. The molecule has 0 aliphatic carbocycles. The van der Waals surface area contributed by atoms with Crippen molar-refractivity contribution in [3.05, 3.63) is 6.54 Å². The van der Waals surface area contributed by atoms with E-state index in [4.69, 9.17) is 4.74 Å². The fourth-order valence-electron chi connectivity index (χ4n) is 1.26. The second-order valence-corrected chi connectivity index (χ2v) is 3.32. The molecule has 0 N–H and O–H groups in total. The van der Waals surface area contributed by atoms with Crippen molar-refractivity contribution in [3.63, 3.8) is 0 Å². The van der Waals surface area contributed by atoms with Crippen LogP contribution in [0.15, 0.2) is 0 Å². The van der Waals surface area contributed by atoms with E-state index in [0.717, 1.165) is 26.2 Å². The van der Waals surface area contributed by atoms with Crippen LogP contribution in [0, 0.1) is 6.54 Å². The zero-order valence-corrected chi connectivity index (χ0v) is 8.32. The number of rotatable bonds is 3. The van der Waals surface area contributed by atoms with E-state index in [1.54, 1.807) is 0 Å². The molecule has 0 amide bonds. The molecule has 1 heterocycles. The summed E-state index contributed by atoms with van der Waals surface area (Å²) >= 11 is 0. The van der Waals surface area contributed by atoms with Gasteiger partial charge in [0.15, 0.2) is 0 Å². The third kappa shape index (κ3) is 4.24. The summed E-state index contributed by atoms with van der Waals surface area (Å²) in [6, 6.07) is 0. The van der Waals surface area contributed by atoms with Gasteiger partial charge in [0.25, 0.3) is 0 Å². The van der Waals surface area contributed by atoms with Gasteiger partial charge in [0.2, 0.25) is 0 Å². The van der Waals surface area contributed by atoms with Crippen molar-refractivity contribution in [1.29, 1.82) is 0 Å². The first kappa shape index (κ1) is 10.5. The lowest BCUT2D eigenvalue weighted by atomic mass is 10.3. The van der Waals surface area contributed by atoms with E-state index in [9.17, 15) is 4.79 Å². The Bertz CT molecular complexity index is 165. The van der Waals surface area contributed by atoms with Crippen LogP contribution in [0.25, 0.3) is 0 Å². The Labute approximate surface area is 79.4 Å². The molecule has 0 aromatic rings. The van der Waals surface area contributed by atoms with Crippen molar-refractivity contribution in [3.8, 4) is 0 Å². The minimum Gasteiger partial charge on any atom is -0.464 e. The molecule has 0 unspecified atom stereocenters. The number of carbonyl (C=O) groups excluding carboxylic acids is 1. The predicted molar refractivity (Wildman–Crippen MR) is 50.0 cm³/mol. The number of carbonyl (C=O) groups is 1. The maximum Gasteiger partial charge on any atom is 0.302 e. The molecule has 1 radical (unpaired) electrons.